The Morgan fingerprint density at radius 3 is 3.08 bits per heavy atom. The molecule has 1 aliphatic carbocycles. The number of fused-ring (bicyclic) bond motifs is 1. The SMILES string of the molecule is CC1(C)CCc2cc(=O)[nH]nc21. The van der Waals surface area contributed by atoms with Crippen molar-refractivity contribution in [1.82, 2.24) is 10.2 Å². The molecule has 1 heterocycles. The van der Waals surface area contributed by atoms with E-state index in [4.69, 9.17) is 0 Å². The number of nitrogens with one attached hydrogen (secondary N) is 1. The van der Waals surface area contributed by atoms with E-state index in [1.54, 1.807) is 6.07 Å². The number of hydrogen-bond donors (Lipinski definition) is 1. The first-order valence-corrected chi connectivity index (χ1v) is 4.19. The van der Waals surface area contributed by atoms with E-state index in [0.29, 0.717) is 0 Å². The standard InChI is InChI=1S/C9H12N2O/c1-9(2)4-3-6-5-7(12)10-11-8(6)9/h5H,3-4H2,1-2H3,(H,10,12). The van der Waals surface area contributed by atoms with E-state index in [2.05, 4.69) is 24.0 Å². The molecule has 3 heteroatoms. The lowest BCUT2D eigenvalue weighted by atomic mass is 9.91. The Balaban J connectivity index is 2.62. The normalized spacial score (nSPS) is 19.2. The number of aromatic amines is 1. The number of hydrogen-bond acceptors (Lipinski definition) is 2. The molecule has 1 N–H and O–H groups in total. The number of rotatable bonds is 0. The zero-order valence-electron chi connectivity index (χ0n) is 7.35. The minimum absolute atomic E-state index is 0.0912. The third-order valence-corrected chi connectivity index (χ3v) is 2.55. The average molecular weight is 164 g/mol. The van der Waals surface area contributed by atoms with E-state index < -0.39 is 0 Å². The minimum Gasteiger partial charge on any atom is -0.268 e. The third-order valence-electron chi connectivity index (χ3n) is 2.55. The second-order valence-electron chi connectivity index (χ2n) is 3.99. The maximum atomic E-state index is 10.9. The minimum atomic E-state index is -0.0912. The molecule has 1 aliphatic rings. The van der Waals surface area contributed by atoms with Crippen LogP contribution in [0.1, 0.15) is 31.5 Å². The van der Waals surface area contributed by atoms with Gasteiger partial charge in [0.1, 0.15) is 0 Å². The molecule has 0 spiro atoms. The van der Waals surface area contributed by atoms with Crippen molar-refractivity contribution in [2.75, 3.05) is 0 Å². The van der Waals surface area contributed by atoms with Gasteiger partial charge in [0.25, 0.3) is 5.56 Å². The molecule has 2 rings (SSSR count). The smallest absolute Gasteiger partial charge is 0.264 e. The summed E-state index contributed by atoms with van der Waals surface area (Å²) in [7, 11) is 0. The third kappa shape index (κ3) is 0.967. The fourth-order valence-electron chi connectivity index (χ4n) is 1.78. The maximum absolute atomic E-state index is 10.9. The van der Waals surface area contributed by atoms with Crippen LogP contribution in [-0.4, -0.2) is 10.2 Å². The van der Waals surface area contributed by atoms with Gasteiger partial charge in [-0.15, -0.1) is 0 Å². The van der Waals surface area contributed by atoms with Gasteiger partial charge in [0, 0.05) is 11.5 Å². The van der Waals surface area contributed by atoms with Crippen LogP contribution in [0.3, 0.4) is 0 Å². The summed E-state index contributed by atoms with van der Waals surface area (Å²) in [5.41, 5.74) is 2.22. The van der Waals surface area contributed by atoms with Crippen LogP contribution in [0.4, 0.5) is 0 Å². The van der Waals surface area contributed by atoms with Gasteiger partial charge >= 0.3 is 0 Å². The van der Waals surface area contributed by atoms with Gasteiger partial charge < -0.3 is 0 Å². The van der Waals surface area contributed by atoms with Crippen LogP contribution in [0.5, 0.6) is 0 Å². The molecule has 0 fully saturated rings. The summed E-state index contributed by atoms with van der Waals surface area (Å²) in [4.78, 5) is 10.9. The summed E-state index contributed by atoms with van der Waals surface area (Å²) in [6.45, 7) is 4.31. The van der Waals surface area contributed by atoms with Gasteiger partial charge in [-0.2, -0.15) is 5.10 Å². The lowest BCUT2D eigenvalue weighted by molar-refractivity contribution is 0.503. The van der Waals surface area contributed by atoms with Crippen LogP contribution in [-0.2, 0) is 11.8 Å². The molecule has 0 saturated heterocycles. The predicted molar refractivity (Wildman–Crippen MR) is 46.2 cm³/mol. The maximum Gasteiger partial charge on any atom is 0.264 e. The van der Waals surface area contributed by atoms with Gasteiger partial charge in [0.15, 0.2) is 0 Å². The Labute approximate surface area is 70.8 Å². The fraction of sp³-hybridized carbons (Fsp3) is 0.556. The summed E-state index contributed by atoms with van der Waals surface area (Å²) in [5, 5.41) is 6.56. The second-order valence-corrected chi connectivity index (χ2v) is 3.99. The van der Waals surface area contributed by atoms with Crippen LogP contribution in [0.2, 0.25) is 0 Å². The number of nitrogens with zero attached hydrogens (tertiary/aromatic N) is 1. The fourth-order valence-corrected chi connectivity index (χ4v) is 1.78. The molecule has 3 nitrogen and oxygen atoms in total. The summed E-state index contributed by atoms with van der Waals surface area (Å²) in [5.74, 6) is 0. The molecule has 0 saturated carbocycles. The van der Waals surface area contributed by atoms with Crippen molar-refractivity contribution < 1.29 is 0 Å². The molecular formula is C9H12N2O. The summed E-state index contributed by atoms with van der Waals surface area (Å²) >= 11 is 0. The Morgan fingerprint density at radius 1 is 1.58 bits per heavy atom. The van der Waals surface area contributed by atoms with Gasteiger partial charge in [-0.05, 0) is 18.4 Å². The first-order chi connectivity index (χ1) is 5.59. The van der Waals surface area contributed by atoms with Crippen molar-refractivity contribution in [1.29, 1.82) is 0 Å². The van der Waals surface area contributed by atoms with Gasteiger partial charge in [-0.1, -0.05) is 13.8 Å². The van der Waals surface area contributed by atoms with Gasteiger partial charge in [-0.3, -0.25) is 4.79 Å². The molecule has 0 atom stereocenters. The average Bonchev–Trinajstić information content (AvgIpc) is 2.27. The molecule has 12 heavy (non-hydrogen) atoms. The number of H-pyrrole nitrogens is 1. The highest BCUT2D eigenvalue weighted by Gasteiger charge is 2.31. The van der Waals surface area contributed by atoms with Crippen LogP contribution in [0.15, 0.2) is 10.9 Å². The predicted octanol–water partition coefficient (Wildman–Crippen LogP) is 0.994. The first kappa shape index (κ1) is 7.53. The van der Waals surface area contributed by atoms with Crippen molar-refractivity contribution >= 4 is 0 Å². The zero-order valence-corrected chi connectivity index (χ0v) is 7.35. The van der Waals surface area contributed by atoms with Crippen LogP contribution >= 0.6 is 0 Å². The highest BCUT2D eigenvalue weighted by atomic mass is 16.1. The molecule has 0 radical (unpaired) electrons. The number of aryl methyl sites for hydroxylation is 1. The molecule has 0 bridgehead atoms. The monoisotopic (exact) mass is 164 g/mol. The molecule has 64 valence electrons. The first-order valence-electron chi connectivity index (χ1n) is 4.19. The van der Waals surface area contributed by atoms with E-state index in [-0.39, 0.29) is 11.0 Å². The Bertz CT molecular complexity index is 365. The van der Waals surface area contributed by atoms with Crippen LogP contribution < -0.4 is 5.56 Å². The molecule has 0 aliphatic heterocycles. The van der Waals surface area contributed by atoms with Gasteiger partial charge in [0.05, 0.1) is 5.69 Å². The number of aromatic nitrogens is 2. The molecule has 1 aromatic rings. The van der Waals surface area contributed by atoms with E-state index >= 15 is 0 Å². The van der Waals surface area contributed by atoms with E-state index in [0.717, 1.165) is 24.1 Å². The van der Waals surface area contributed by atoms with Crippen molar-refractivity contribution in [3.05, 3.63) is 27.7 Å². The molecule has 0 aromatic carbocycles. The zero-order chi connectivity index (χ0) is 8.77. The molecule has 0 unspecified atom stereocenters. The van der Waals surface area contributed by atoms with Crippen molar-refractivity contribution in [3.8, 4) is 0 Å². The van der Waals surface area contributed by atoms with E-state index in [1.165, 1.54) is 0 Å². The highest BCUT2D eigenvalue weighted by Crippen LogP contribution is 2.35. The Morgan fingerprint density at radius 2 is 2.33 bits per heavy atom. The van der Waals surface area contributed by atoms with Crippen molar-refractivity contribution in [2.45, 2.75) is 32.1 Å². The molecular weight excluding hydrogens is 152 g/mol. The molecule has 1 aromatic heterocycles. The quantitative estimate of drug-likeness (QED) is 0.621. The summed E-state index contributed by atoms with van der Waals surface area (Å²) < 4.78 is 0. The second kappa shape index (κ2) is 2.19. The van der Waals surface area contributed by atoms with Crippen LogP contribution in [0, 0.1) is 0 Å². The lowest BCUT2D eigenvalue weighted by Crippen LogP contribution is -2.17. The Hall–Kier alpha value is -1.12. The van der Waals surface area contributed by atoms with Crippen molar-refractivity contribution in [2.24, 2.45) is 0 Å². The van der Waals surface area contributed by atoms with Crippen LogP contribution in [0.25, 0.3) is 0 Å². The summed E-state index contributed by atoms with van der Waals surface area (Å²) in [6.07, 6.45) is 2.08. The highest BCUT2D eigenvalue weighted by molar-refractivity contribution is 5.30. The largest absolute Gasteiger partial charge is 0.268 e. The Kier molecular flexibility index (Phi) is 1.37. The molecule has 0 amide bonds. The van der Waals surface area contributed by atoms with Gasteiger partial charge in [0.2, 0.25) is 0 Å². The van der Waals surface area contributed by atoms with E-state index in [9.17, 15) is 4.79 Å². The topological polar surface area (TPSA) is 45.8 Å². The lowest BCUT2D eigenvalue weighted by Gasteiger charge is -2.15. The summed E-state index contributed by atoms with van der Waals surface area (Å²) in [6, 6.07) is 1.66. The van der Waals surface area contributed by atoms with Gasteiger partial charge in [-0.25, -0.2) is 5.10 Å². The van der Waals surface area contributed by atoms with E-state index in [1.807, 2.05) is 0 Å². The van der Waals surface area contributed by atoms with Crippen molar-refractivity contribution in [3.63, 3.8) is 0 Å².